The molecule has 1 aliphatic rings. The maximum Gasteiger partial charge on any atom is 0.463 e. The lowest BCUT2D eigenvalue weighted by molar-refractivity contribution is -0.265. The van der Waals surface area contributed by atoms with E-state index in [0.29, 0.717) is 26.0 Å². The van der Waals surface area contributed by atoms with Gasteiger partial charge in [-0.05, 0) is 32.0 Å². The molecule has 154 valence electrons. The van der Waals surface area contributed by atoms with Crippen molar-refractivity contribution in [3.05, 3.63) is 29.3 Å². The van der Waals surface area contributed by atoms with E-state index in [2.05, 4.69) is 0 Å². The molecule has 1 atom stereocenters. The highest BCUT2D eigenvalue weighted by Crippen LogP contribution is 2.44. The van der Waals surface area contributed by atoms with Crippen LogP contribution < -0.4 is 4.90 Å². The number of nitriles is 1. The number of alkyl halides is 6. The van der Waals surface area contributed by atoms with Crippen LogP contribution in [0.4, 0.5) is 32.0 Å². The van der Waals surface area contributed by atoms with Gasteiger partial charge in [0.15, 0.2) is 0 Å². The molecule has 1 amide bonds. The summed E-state index contributed by atoms with van der Waals surface area (Å²) in [6.07, 6.45) is -10.6. The van der Waals surface area contributed by atoms with Crippen LogP contribution in [-0.4, -0.2) is 41.1 Å². The first-order valence-corrected chi connectivity index (χ1v) is 8.72. The lowest BCUT2D eigenvalue weighted by Crippen LogP contribution is -2.56. The van der Waals surface area contributed by atoms with Crippen molar-refractivity contribution in [1.82, 2.24) is 4.90 Å². The van der Waals surface area contributed by atoms with Crippen molar-refractivity contribution in [1.29, 1.82) is 5.26 Å². The van der Waals surface area contributed by atoms with Crippen LogP contribution in [0.5, 0.6) is 0 Å². The van der Waals surface area contributed by atoms with Crippen molar-refractivity contribution < 1.29 is 44.1 Å². The van der Waals surface area contributed by atoms with Gasteiger partial charge in [-0.15, -0.1) is 0 Å². The zero-order valence-corrected chi connectivity index (χ0v) is 14.8. The summed E-state index contributed by atoms with van der Waals surface area (Å²) in [7, 11) is -5.64. The van der Waals surface area contributed by atoms with Gasteiger partial charge in [0, 0.05) is 5.69 Å². The van der Waals surface area contributed by atoms with E-state index in [0.717, 1.165) is 0 Å². The molecule has 7 nitrogen and oxygen atoms in total. The van der Waals surface area contributed by atoms with Crippen molar-refractivity contribution in [2.75, 3.05) is 4.90 Å². The van der Waals surface area contributed by atoms with Crippen LogP contribution in [0.15, 0.2) is 18.2 Å². The monoisotopic (exact) mass is 431 g/mol. The number of benzene rings is 1. The molecule has 0 bridgehead atoms. The standard InChI is InChI=1S/C14H11F6N3O4S/c1-12(2)10(24)22(11(28(25,26)27)23(12)14(18,19)20)8-4-3-7(6-21)9(5-8)13(15,16)17/h3-5,11H,1-2H3,(H,25,26,27). The average molecular weight is 431 g/mol. The van der Waals surface area contributed by atoms with E-state index in [9.17, 15) is 44.1 Å². The quantitative estimate of drug-likeness (QED) is 0.439. The SMILES string of the molecule is CC1(C)C(=O)N(c2ccc(C#N)c(C(F)(F)F)c2)C(S(=O)(=O)O)N1C(F)(F)F. The predicted octanol–water partition coefficient (Wildman–Crippen LogP) is 2.70. The van der Waals surface area contributed by atoms with Crippen molar-refractivity contribution in [2.24, 2.45) is 0 Å². The molecule has 28 heavy (non-hydrogen) atoms. The maximum absolute atomic E-state index is 13.4. The molecule has 1 fully saturated rings. The summed E-state index contributed by atoms with van der Waals surface area (Å²) >= 11 is 0. The Bertz CT molecular complexity index is 965. The zero-order chi connectivity index (χ0) is 21.9. The van der Waals surface area contributed by atoms with Crippen LogP contribution in [0.3, 0.4) is 0 Å². The Labute approximate surface area is 154 Å². The van der Waals surface area contributed by atoms with Gasteiger partial charge in [0.1, 0.15) is 5.54 Å². The van der Waals surface area contributed by atoms with E-state index < -0.39 is 61.3 Å². The van der Waals surface area contributed by atoms with Crippen LogP contribution >= 0.6 is 0 Å². The molecule has 0 spiro atoms. The molecule has 14 heteroatoms. The second kappa shape index (κ2) is 6.33. The highest BCUT2D eigenvalue weighted by molar-refractivity contribution is 7.86. The number of hydrogen-bond acceptors (Lipinski definition) is 5. The Balaban J connectivity index is 2.80. The molecule has 0 radical (unpaired) electrons. The van der Waals surface area contributed by atoms with E-state index in [4.69, 9.17) is 5.26 Å². The summed E-state index contributed by atoms with van der Waals surface area (Å²) in [5.41, 5.74) is -8.98. The summed E-state index contributed by atoms with van der Waals surface area (Å²) in [6, 6.07) is 2.67. The first-order chi connectivity index (χ1) is 12.4. The van der Waals surface area contributed by atoms with Gasteiger partial charge in [0.2, 0.25) is 11.4 Å². The van der Waals surface area contributed by atoms with Gasteiger partial charge >= 0.3 is 22.6 Å². The summed E-state index contributed by atoms with van der Waals surface area (Å²) in [5.74, 6) is -1.52. The molecule has 0 aromatic heterocycles. The van der Waals surface area contributed by atoms with Gasteiger partial charge in [-0.1, -0.05) is 0 Å². The number of anilines is 1. The van der Waals surface area contributed by atoms with Crippen LogP contribution in [0, 0.1) is 11.3 Å². The smallest absolute Gasteiger partial charge is 0.283 e. The van der Waals surface area contributed by atoms with Crippen LogP contribution in [-0.2, 0) is 21.1 Å². The Morgan fingerprint density at radius 2 is 1.71 bits per heavy atom. The number of carbonyl (C=O) groups is 1. The predicted molar refractivity (Wildman–Crippen MR) is 81.0 cm³/mol. The Morgan fingerprint density at radius 1 is 1.18 bits per heavy atom. The van der Waals surface area contributed by atoms with Gasteiger partial charge in [-0.2, -0.15) is 44.9 Å². The zero-order valence-electron chi connectivity index (χ0n) is 14.0. The minimum atomic E-state index is -5.64. The number of rotatable bonds is 2. The Kier molecular flexibility index (Phi) is 4.95. The molecule has 1 aromatic rings. The lowest BCUT2D eigenvalue weighted by Gasteiger charge is -2.32. The second-order valence-corrected chi connectivity index (χ2v) is 7.70. The van der Waals surface area contributed by atoms with E-state index in [-0.39, 0.29) is 11.0 Å². The normalized spacial score (nSPS) is 21.1. The third-order valence-electron chi connectivity index (χ3n) is 4.03. The third-order valence-corrected chi connectivity index (χ3v) is 4.99. The van der Waals surface area contributed by atoms with Gasteiger partial charge in [0.05, 0.1) is 17.2 Å². The largest absolute Gasteiger partial charge is 0.463 e. The summed E-state index contributed by atoms with van der Waals surface area (Å²) in [4.78, 5) is 11.6. The number of halogens is 6. The average Bonchev–Trinajstić information content (AvgIpc) is 2.72. The first-order valence-electron chi connectivity index (χ1n) is 7.21. The maximum atomic E-state index is 13.4. The van der Waals surface area contributed by atoms with Crippen molar-refractivity contribution in [3.8, 4) is 6.07 Å². The molecule has 1 aliphatic heterocycles. The molecule has 2 rings (SSSR count). The molecule has 0 saturated carbocycles. The molecular weight excluding hydrogens is 420 g/mol. The molecule has 1 heterocycles. The number of carbonyl (C=O) groups excluding carboxylic acids is 1. The van der Waals surface area contributed by atoms with Crippen LogP contribution in [0.1, 0.15) is 25.0 Å². The molecule has 1 saturated heterocycles. The Hall–Kier alpha value is -2.37. The van der Waals surface area contributed by atoms with Gasteiger partial charge in [0.25, 0.3) is 0 Å². The summed E-state index contributed by atoms with van der Waals surface area (Å²) in [5, 5.41) is 8.78. The van der Waals surface area contributed by atoms with Crippen molar-refractivity contribution in [3.63, 3.8) is 0 Å². The van der Waals surface area contributed by atoms with Gasteiger partial charge in [-0.25, -0.2) is 0 Å². The van der Waals surface area contributed by atoms with E-state index in [1.165, 1.54) is 6.07 Å². The fourth-order valence-electron chi connectivity index (χ4n) is 2.86. The van der Waals surface area contributed by atoms with E-state index in [1.807, 2.05) is 0 Å². The molecule has 1 unspecified atom stereocenters. The topological polar surface area (TPSA) is 102 Å². The fraction of sp³-hybridized carbons (Fsp3) is 0.429. The van der Waals surface area contributed by atoms with E-state index >= 15 is 0 Å². The number of amides is 1. The van der Waals surface area contributed by atoms with Crippen molar-refractivity contribution in [2.45, 2.75) is 37.4 Å². The summed E-state index contributed by atoms with van der Waals surface area (Å²) < 4.78 is 112. The van der Waals surface area contributed by atoms with Gasteiger partial charge < -0.3 is 0 Å². The summed E-state index contributed by atoms with van der Waals surface area (Å²) in [6.45, 7) is 1.41. The van der Waals surface area contributed by atoms with Crippen molar-refractivity contribution >= 4 is 21.7 Å². The Morgan fingerprint density at radius 3 is 2.11 bits per heavy atom. The minimum absolute atomic E-state index is 0.0980. The third kappa shape index (κ3) is 3.52. The molecule has 0 aliphatic carbocycles. The first kappa shape index (κ1) is 21.9. The highest BCUT2D eigenvalue weighted by atomic mass is 32.2. The number of hydrogen-bond donors (Lipinski definition) is 1. The van der Waals surface area contributed by atoms with Gasteiger partial charge in [-0.3, -0.25) is 14.2 Å². The fourth-order valence-corrected chi connectivity index (χ4v) is 3.99. The van der Waals surface area contributed by atoms with Crippen LogP contribution in [0.25, 0.3) is 0 Å². The minimum Gasteiger partial charge on any atom is -0.283 e. The second-order valence-electron chi connectivity index (χ2n) is 6.25. The van der Waals surface area contributed by atoms with Crippen LogP contribution in [0.2, 0.25) is 0 Å². The highest BCUT2D eigenvalue weighted by Gasteiger charge is 2.66. The molecule has 1 aromatic carbocycles. The molecule has 1 N–H and O–H groups in total. The van der Waals surface area contributed by atoms with E-state index in [1.54, 1.807) is 0 Å². The number of nitrogens with zero attached hydrogens (tertiary/aromatic N) is 3. The molecular formula is C14H11F6N3O4S. The lowest BCUT2D eigenvalue weighted by atomic mass is 10.0.